The molecule has 0 aromatic rings. The van der Waals surface area contributed by atoms with Gasteiger partial charge in [-0.2, -0.15) is 0 Å². The van der Waals surface area contributed by atoms with Gasteiger partial charge >= 0.3 is 29.8 Å². The molecule has 4 N–H and O–H groups in total. The Kier molecular flexibility index (Phi) is 17.4. The number of aliphatic hydroxyl groups excluding tert-OH is 4. The average molecular weight is 1040 g/mol. The summed E-state index contributed by atoms with van der Waals surface area (Å²) in [6.07, 6.45) is -15.3. The number of hydrogen-bond donors (Lipinski definition) is 4. The van der Waals surface area contributed by atoms with Gasteiger partial charge in [-0.3, -0.25) is 19.2 Å². The molecule has 0 amide bonds. The van der Waals surface area contributed by atoms with Crippen molar-refractivity contribution in [3.8, 4) is 0 Å². The van der Waals surface area contributed by atoms with E-state index >= 15 is 0 Å². The Bertz CT molecular complexity index is 2100. The third kappa shape index (κ3) is 11.1. The molecule has 3 aliphatic carbocycles. The summed E-state index contributed by atoms with van der Waals surface area (Å²) in [5, 5.41) is 41.4. The van der Waals surface area contributed by atoms with Crippen LogP contribution in [0.1, 0.15) is 94.4 Å². The highest BCUT2D eigenvalue weighted by Crippen LogP contribution is 2.65. The van der Waals surface area contributed by atoms with E-state index < -0.39 is 169 Å². The van der Waals surface area contributed by atoms with Crippen LogP contribution >= 0.6 is 0 Å². The van der Waals surface area contributed by atoms with Gasteiger partial charge in [0, 0.05) is 91.3 Å². The second kappa shape index (κ2) is 22.4. The van der Waals surface area contributed by atoms with Gasteiger partial charge in [0.1, 0.15) is 60.7 Å². The molecule has 4 heterocycles. The van der Waals surface area contributed by atoms with Crippen LogP contribution in [0.25, 0.3) is 0 Å². The van der Waals surface area contributed by atoms with Gasteiger partial charge in [-0.25, -0.2) is 4.79 Å². The molecule has 5 fully saturated rings. The Balaban J connectivity index is 1.17. The van der Waals surface area contributed by atoms with Gasteiger partial charge in [0.15, 0.2) is 24.8 Å². The summed E-state index contributed by atoms with van der Waals surface area (Å²) in [7, 11) is 4.20. The molecule has 23 atom stereocenters. The van der Waals surface area contributed by atoms with E-state index in [1.807, 2.05) is 19.9 Å². The van der Waals surface area contributed by atoms with Crippen LogP contribution in [0.2, 0.25) is 0 Å². The highest BCUT2D eigenvalue weighted by atomic mass is 16.8. The lowest BCUT2D eigenvalue weighted by Gasteiger charge is -2.62. The zero-order chi connectivity index (χ0) is 53.6. The van der Waals surface area contributed by atoms with Crippen LogP contribution in [0.3, 0.4) is 0 Å². The van der Waals surface area contributed by atoms with Gasteiger partial charge in [-0.1, -0.05) is 13.8 Å². The number of fused-ring (bicyclic) bond motifs is 3. The smallest absolute Gasteiger partial charge is 0.333 e. The quantitative estimate of drug-likeness (QED) is 0.133. The van der Waals surface area contributed by atoms with E-state index in [2.05, 4.69) is 0 Å². The van der Waals surface area contributed by atoms with Crippen LogP contribution in [0.15, 0.2) is 23.5 Å². The van der Waals surface area contributed by atoms with Gasteiger partial charge in [0.25, 0.3) is 0 Å². The molecule has 0 spiro atoms. The van der Waals surface area contributed by atoms with Crippen molar-refractivity contribution in [2.75, 3.05) is 27.9 Å². The molecule has 0 bridgehead atoms. The monoisotopic (exact) mass is 1040 g/mol. The van der Waals surface area contributed by atoms with Crippen molar-refractivity contribution < 1.29 is 111 Å². The van der Waals surface area contributed by atoms with E-state index in [0.29, 0.717) is 24.8 Å². The molecule has 7 aliphatic rings. The van der Waals surface area contributed by atoms with E-state index in [-0.39, 0.29) is 24.5 Å². The van der Waals surface area contributed by atoms with Crippen molar-refractivity contribution in [3.63, 3.8) is 0 Å². The number of ether oxygens (including phenoxy) is 14. The maximum atomic E-state index is 13.2. The Hall–Kier alpha value is -3.85. The van der Waals surface area contributed by atoms with Gasteiger partial charge in [0.2, 0.25) is 12.1 Å². The van der Waals surface area contributed by atoms with Crippen molar-refractivity contribution in [2.45, 2.75) is 205 Å². The first kappa shape index (κ1) is 56.9. The van der Waals surface area contributed by atoms with Crippen molar-refractivity contribution in [3.05, 3.63) is 23.5 Å². The number of esters is 5. The number of allylic oxidation sites excluding steroid dienone is 1. The minimum absolute atomic E-state index is 0.183. The van der Waals surface area contributed by atoms with Crippen molar-refractivity contribution in [1.82, 2.24) is 0 Å². The van der Waals surface area contributed by atoms with Crippen LogP contribution in [0.5, 0.6) is 0 Å². The number of carbonyl (C=O) groups excluding carboxylic acids is 5. The van der Waals surface area contributed by atoms with Crippen LogP contribution in [0, 0.1) is 28.6 Å². The lowest BCUT2D eigenvalue weighted by atomic mass is 9.45. The normalized spacial score (nSPS) is 45.6. The van der Waals surface area contributed by atoms with E-state index in [1.165, 1.54) is 55.1 Å². The van der Waals surface area contributed by atoms with E-state index in [9.17, 15) is 44.4 Å². The first-order valence-corrected chi connectivity index (χ1v) is 24.9. The second-order valence-corrected chi connectivity index (χ2v) is 21.0. The van der Waals surface area contributed by atoms with Crippen molar-refractivity contribution >= 4 is 29.8 Å². The lowest BCUT2D eigenvalue weighted by Crippen LogP contribution is -2.65. The highest BCUT2D eigenvalue weighted by molar-refractivity contribution is 5.87. The molecule has 73 heavy (non-hydrogen) atoms. The molecule has 0 radical (unpaired) electrons. The van der Waals surface area contributed by atoms with Crippen LogP contribution in [-0.2, 0) is 90.3 Å². The number of rotatable bonds is 15. The van der Waals surface area contributed by atoms with Gasteiger partial charge in [0.05, 0.1) is 24.9 Å². The Morgan fingerprint density at radius 3 is 1.99 bits per heavy atom. The molecule has 3 saturated heterocycles. The van der Waals surface area contributed by atoms with E-state index in [1.54, 1.807) is 20.8 Å². The van der Waals surface area contributed by atoms with Crippen LogP contribution < -0.4 is 0 Å². The lowest BCUT2D eigenvalue weighted by molar-refractivity contribution is -0.370. The third-order valence-electron chi connectivity index (χ3n) is 16.2. The second-order valence-electron chi connectivity index (χ2n) is 21.0. The standard InChI is InChI=1S/C50H74O23/c1-21-17-31(70-47-43(67-25(5)54)42(61-11)39(22(2)64-47)72-45-38(59)37(58)36(57)32(20-51)71-45)41(60-10)46(63-21)69-29-14-16-48(7)28-13-15-49(8,33-19-34(56)73-50(33,9)62-12)44(68-26(6)55)27(28)18-30(65-23(3)52)35(48)40(29)66-24(4)53/h14,19,21-22,27-28,30-32,35-47,51,57-59H,13,15-18,20H2,1-12H3/t21-,22+,27?,28?,30?,31+,32+,35?,36+,37+,38+,39+,40-,41+,42+,43+,44+,45-,46-,47-,48+,49+,50+/m0/s1. The number of carbonyl (C=O) groups is 5. The predicted octanol–water partition coefficient (Wildman–Crippen LogP) is 1.40. The molecule has 23 heteroatoms. The first-order chi connectivity index (χ1) is 34.3. The average Bonchev–Trinajstić information content (AvgIpc) is 3.63. The van der Waals surface area contributed by atoms with Gasteiger partial charge in [-0.05, 0) is 56.9 Å². The van der Waals surface area contributed by atoms with E-state index in [0.717, 1.165) is 0 Å². The molecule has 0 aromatic heterocycles. The van der Waals surface area contributed by atoms with Crippen LogP contribution in [-0.4, -0.2) is 188 Å². The fourth-order valence-electron chi connectivity index (χ4n) is 12.9. The molecule has 4 aliphatic heterocycles. The zero-order valence-corrected chi connectivity index (χ0v) is 43.5. The summed E-state index contributed by atoms with van der Waals surface area (Å²) in [4.78, 5) is 64.7. The largest absolute Gasteiger partial charge is 0.463 e. The molecule has 0 aromatic carbocycles. The Labute approximate surface area is 424 Å². The number of cyclic esters (lactones) is 1. The molecule has 2 saturated carbocycles. The Morgan fingerprint density at radius 1 is 0.726 bits per heavy atom. The van der Waals surface area contributed by atoms with Crippen molar-refractivity contribution in [1.29, 1.82) is 0 Å². The zero-order valence-electron chi connectivity index (χ0n) is 43.5. The topological polar surface area (TPSA) is 295 Å². The highest BCUT2D eigenvalue weighted by Gasteiger charge is 2.67. The molecule has 7 rings (SSSR count). The summed E-state index contributed by atoms with van der Waals surface area (Å²) in [6.45, 7) is 13.4. The summed E-state index contributed by atoms with van der Waals surface area (Å²) >= 11 is 0. The first-order valence-electron chi connectivity index (χ1n) is 24.9. The van der Waals surface area contributed by atoms with Gasteiger partial charge < -0.3 is 86.7 Å². The molecule has 4 unspecified atom stereocenters. The fourth-order valence-corrected chi connectivity index (χ4v) is 12.9. The SMILES string of the molecule is CO[C@H]1[C@@H](OC(C)=O)[C@H](O[C@@H]2C[C@H](C)O[C@@H](OC3=CC[C@]4(C)C5CC[C@](C)(C6=CC(=O)O[C@@]6(C)OC)[C@H](OC(C)=O)C5CC(OC(C)=O)C4[C@H]3OC(C)=O)[C@@H]2OC)O[C@H](C)[C@H]1O[C@@H]1O[C@H](CO)[C@@H](O)[C@@H](O)[C@H]1O. The summed E-state index contributed by atoms with van der Waals surface area (Å²) in [5.74, 6) is -5.61. The van der Waals surface area contributed by atoms with Crippen LogP contribution in [0.4, 0.5) is 0 Å². The summed E-state index contributed by atoms with van der Waals surface area (Å²) in [6, 6.07) is 0. The molecular weight excluding hydrogens is 969 g/mol. The minimum Gasteiger partial charge on any atom is -0.463 e. The molecule has 23 nitrogen and oxygen atoms in total. The minimum atomic E-state index is -1.75. The number of aliphatic hydroxyl groups is 4. The maximum absolute atomic E-state index is 13.2. The molecule has 412 valence electrons. The van der Waals surface area contributed by atoms with Crippen molar-refractivity contribution in [2.24, 2.45) is 28.6 Å². The summed E-state index contributed by atoms with van der Waals surface area (Å²) < 4.78 is 85.5. The van der Waals surface area contributed by atoms with Gasteiger partial charge in [-0.15, -0.1) is 0 Å². The Morgan fingerprint density at radius 2 is 1.38 bits per heavy atom. The predicted molar refractivity (Wildman–Crippen MR) is 245 cm³/mol. The maximum Gasteiger partial charge on any atom is 0.333 e. The number of hydrogen-bond acceptors (Lipinski definition) is 23. The number of methoxy groups -OCH3 is 3. The molecular formula is C50H74O23. The fraction of sp³-hybridized carbons (Fsp3) is 0.820. The van der Waals surface area contributed by atoms with E-state index in [4.69, 9.17) is 66.3 Å². The summed E-state index contributed by atoms with van der Waals surface area (Å²) in [5.41, 5.74) is -1.19. The third-order valence-corrected chi connectivity index (χ3v) is 16.2.